The second-order valence-corrected chi connectivity index (χ2v) is 16.2. The van der Waals surface area contributed by atoms with Gasteiger partial charge in [-0.15, -0.1) is 24.8 Å². The Labute approximate surface area is 332 Å². The Bertz CT molecular complexity index is 1450. The number of amides is 2. The fourth-order valence-electron chi connectivity index (χ4n) is 11.0. The lowest BCUT2D eigenvalue weighted by atomic mass is 9.62. The Kier molecular flexibility index (Phi) is 14.1. The van der Waals surface area contributed by atoms with Crippen LogP contribution in [0.25, 0.3) is 0 Å². The van der Waals surface area contributed by atoms with Crippen molar-refractivity contribution < 1.29 is 28.5 Å². The topological polar surface area (TPSA) is 155 Å². The summed E-state index contributed by atoms with van der Waals surface area (Å²) in [7, 11) is 7.23. The van der Waals surface area contributed by atoms with Crippen molar-refractivity contribution >= 4 is 36.6 Å². The van der Waals surface area contributed by atoms with Crippen LogP contribution in [0.5, 0.6) is 0 Å². The summed E-state index contributed by atoms with van der Waals surface area (Å²) in [4.78, 5) is 37.2. The molecule has 14 heteroatoms. The van der Waals surface area contributed by atoms with Crippen molar-refractivity contribution in [2.45, 2.75) is 99.7 Å². The summed E-state index contributed by atoms with van der Waals surface area (Å²) >= 11 is 0. The number of rotatable bonds is 10. The fraction of sp³-hybridized carbons (Fsp3) is 0.700. The average Bonchev–Trinajstić information content (AvgIpc) is 3.10. The van der Waals surface area contributed by atoms with Crippen LogP contribution in [0.1, 0.15) is 96.1 Å². The number of methoxy groups -OCH3 is 4. The summed E-state index contributed by atoms with van der Waals surface area (Å²) in [6, 6.07) is 5.05. The van der Waals surface area contributed by atoms with Gasteiger partial charge in [-0.05, 0) is 63.5 Å². The lowest BCUT2D eigenvalue weighted by molar-refractivity contribution is -0.183. The Morgan fingerprint density at radius 2 is 0.944 bits per heavy atom. The van der Waals surface area contributed by atoms with Gasteiger partial charge in [-0.3, -0.25) is 29.4 Å². The third-order valence-corrected chi connectivity index (χ3v) is 13.9. The third kappa shape index (κ3) is 7.66. The summed E-state index contributed by atoms with van der Waals surface area (Å²) in [6.45, 7) is 4.14. The zero-order valence-corrected chi connectivity index (χ0v) is 33.8. The standard InChI is InChI=1S/2C20H29N3O3.2ClH/c2*1-25-18-7-17(8-18)23-11-14-4-3-5-15(12-23)20(14,26-2)16-6-13(19(21)24)9-22-10-16;;/h2*6,9-10,14-15,17-18H,3-5,7-8,11-12H2,1-2H3,(H2,21,24);2*1H. The molecule has 0 aromatic carbocycles. The maximum Gasteiger partial charge on any atom is 0.250 e. The second kappa shape index (κ2) is 17.8. The van der Waals surface area contributed by atoms with Crippen LogP contribution in [-0.4, -0.2) is 110 Å². The average molecular weight is 792 g/mol. The highest BCUT2D eigenvalue weighted by atomic mass is 35.5. The Balaban J connectivity index is 0.000000200. The zero-order valence-electron chi connectivity index (χ0n) is 32.2. The van der Waals surface area contributed by atoms with Gasteiger partial charge in [0, 0.05) is 126 Å². The van der Waals surface area contributed by atoms with Gasteiger partial charge in [0.25, 0.3) is 0 Å². The van der Waals surface area contributed by atoms with Crippen molar-refractivity contribution in [3.63, 3.8) is 0 Å². The molecule has 8 rings (SSSR count). The van der Waals surface area contributed by atoms with Crippen molar-refractivity contribution in [3.8, 4) is 0 Å². The molecule has 4 atom stereocenters. The SMILES string of the molecule is COC1CC(N2CC3CCCC(C2)C3(OC)c2cncc(C(N)=O)c2)C1.COC1CC(N2CC3CCCC(C2)C3(OC)c2cncc(C(N)=O)c2)C1.Cl.Cl. The number of nitrogens with two attached hydrogens (primary N) is 2. The third-order valence-electron chi connectivity index (χ3n) is 13.9. The normalized spacial score (nSPS) is 35.8. The van der Waals surface area contributed by atoms with E-state index in [4.69, 9.17) is 30.4 Å². The molecule has 0 spiro atoms. The van der Waals surface area contributed by atoms with E-state index >= 15 is 0 Å². The van der Waals surface area contributed by atoms with Crippen LogP contribution < -0.4 is 11.5 Å². The van der Waals surface area contributed by atoms with E-state index < -0.39 is 11.8 Å². The lowest BCUT2D eigenvalue weighted by Crippen LogP contribution is -2.63. The maximum absolute atomic E-state index is 11.6. The molecule has 300 valence electrons. The van der Waals surface area contributed by atoms with Crippen LogP contribution in [0.3, 0.4) is 0 Å². The molecule has 4 heterocycles. The number of likely N-dealkylation sites (tertiary alicyclic amines) is 2. The molecule has 4 N–H and O–H groups in total. The number of piperidine rings is 2. The van der Waals surface area contributed by atoms with Gasteiger partial charge in [0.1, 0.15) is 11.2 Å². The van der Waals surface area contributed by atoms with Crippen LogP contribution >= 0.6 is 24.8 Å². The van der Waals surface area contributed by atoms with Gasteiger partial charge >= 0.3 is 0 Å². The Morgan fingerprint density at radius 1 is 0.611 bits per heavy atom. The largest absolute Gasteiger partial charge is 0.381 e. The number of carbonyl (C=O) groups is 2. The van der Waals surface area contributed by atoms with Crippen molar-refractivity contribution in [1.29, 1.82) is 0 Å². The first kappa shape index (κ1) is 42.7. The van der Waals surface area contributed by atoms with Crippen LogP contribution in [0.4, 0.5) is 0 Å². The van der Waals surface area contributed by atoms with Gasteiger partial charge in [-0.2, -0.15) is 0 Å². The molecule has 6 fully saturated rings. The number of primary amides is 2. The minimum atomic E-state index is -0.437. The molecule has 2 amide bonds. The number of halogens is 2. The molecule has 2 aromatic heterocycles. The van der Waals surface area contributed by atoms with E-state index in [1.165, 1.54) is 12.8 Å². The Hall–Kier alpha value is -2.42. The zero-order chi connectivity index (χ0) is 36.6. The summed E-state index contributed by atoms with van der Waals surface area (Å²) in [5.74, 6) is 0.762. The Morgan fingerprint density at radius 3 is 1.22 bits per heavy atom. The lowest BCUT2D eigenvalue weighted by Gasteiger charge is -2.58. The van der Waals surface area contributed by atoms with Crippen LogP contribution in [0, 0.1) is 23.7 Å². The number of carbonyl (C=O) groups excluding carboxylic acids is 2. The van der Waals surface area contributed by atoms with E-state index in [1.807, 2.05) is 38.7 Å². The summed E-state index contributed by atoms with van der Waals surface area (Å²) < 4.78 is 23.4. The number of hydrogen-bond donors (Lipinski definition) is 2. The first-order valence-electron chi connectivity index (χ1n) is 19.3. The quantitative estimate of drug-likeness (QED) is 0.346. The molecule has 54 heavy (non-hydrogen) atoms. The highest BCUT2D eigenvalue weighted by molar-refractivity contribution is 5.93. The molecule has 6 aliphatic rings. The van der Waals surface area contributed by atoms with E-state index in [0.29, 0.717) is 59.1 Å². The van der Waals surface area contributed by atoms with Gasteiger partial charge in [0.05, 0.1) is 23.3 Å². The minimum Gasteiger partial charge on any atom is -0.381 e. The van der Waals surface area contributed by atoms with Gasteiger partial charge in [-0.25, -0.2) is 0 Å². The molecule has 2 aromatic rings. The van der Waals surface area contributed by atoms with Crippen LogP contribution in [-0.2, 0) is 30.1 Å². The van der Waals surface area contributed by atoms with Gasteiger partial charge < -0.3 is 30.4 Å². The number of hydrogen-bond acceptors (Lipinski definition) is 10. The molecule has 4 aliphatic carbocycles. The molecular formula is C40H60Cl2N6O6. The van der Waals surface area contributed by atoms with Gasteiger partial charge in [0.2, 0.25) is 11.8 Å². The molecule has 2 saturated heterocycles. The maximum atomic E-state index is 11.6. The second-order valence-electron chi connectivity index (χ2n) is 16.2. The molecule has 2 aliphatic heterocycles. The van der Waals surface area contributed by atoms with E-state index in [1.54, 1.807) is 26.6 Å². The number of nitrogens with zero attached hydrogens (tertiary/aromatic N) is 4. The first-order chi connectivity index (χ1) is 25.2. The van der Waals surface area contributed by atoms with E-state index in [0.717, 1.165) is 88.7 Å². The number of aromatic nitrogens is 2. The molecule has 12 nitrogen and oxygen atoms in total. The first-order valence-corrected chi connectivity index (χ1v) is 19.3. The summed E-state index contributed by atoms with van der Waals surface area (Å²) in [5.41, 5.74) is 13.2. The van der Waals surface area contributed by atoms with E-state index in [9.17, 15) is 9.59 Å². The number of ether oxygens (including phenoxy) is 4. The molecule has 4 saturated carbocycles. The van der Waals surface area contributed by atoms with Gasteiger partial charge in [0.15, 0.2) is 0 Å². The number of fused-ring (bicyclic) bond motifs is 4. The molecule has 4 unspecified atom stereocenters. The highest BCUT2D eigenvalue weighted by Crippen LogP contribution is 2.54. The van der Waals surface area contributed by atoms with Crippen LogP contribution in [0.2, 0.25) is 0 Å². The van der Waals surface area contributed by atoms with Crippen molar-refractivity contribution in [3.05, 3.63) is 59.2 Å². The molecule has 0 radical (unpaired) electrons. The summed E-state index contributed by atoms with van der Waals surface area (Å²) in [5, 5.41) is 0. The van der Waals surface area contributed by atoms with E-state index in [-0.39, 0.29) is 36.0 Å². The van der Waals surface area contributed by atoms with E-state index in [2.05, 4.69) is 19.8 Å². The molecule has 4 bridgehead atoms. The predicted octanol–water partition coefficient (Wildman–Crippen LogP) is 4.71. The number of pyridine rings is 2. The smallest absolute Gasteiger partial charge is 0.250 e. The van der Waals surface area contributed by atoms with Crippen molar-refractivity contribution in [2.24, 2.45) is 35.1 Å². The van der Waals surface area contributed by atoms with Crippen molar-refractivity contribution in [1.82, 2.24) is 19.8 Å². The minimum absolute atomic E-state index is 0. The van der Waals surface area contributed by atoms with Gasteiger partial charge in [-0.1, -0.05) is 12.8 Å². The highest BCUT2D eigenvalue weighted by Gasteiger charge is 2.56. The van der Waals surface area contributed by atoms with Crippen LogP contribution in [0.15, 0.2) is 36.9 Å². The van der Waals surface area contributed by atoms with Crippen molar-refractivity contribution in [2.75, 3.05) is 54.6 Å². The fourth-order valence-corrected chi connectivity index (χ4v) is 11.0. The predicted molar refractivity (Wildman–Crippen MR) is 210 cm³/mol. The molecular weight excluding hydrogens is 731 g/mol. The summed E-state index contributed by atoms with van der Waals surface area (Å²) in [6.07, 6.45) is 19.2. The monoisotopic (exact) mass is 790 g/mol.